The van der Waals surface area contributed by atoms with Gasteiger partial charge >= 0.3 is 5.97 Å². The molecule has 1 aromatic carbocycles. The number of ether oxygens (including phenoxy) is 1. The van der Waals surface area contributed by atoms with E-state index in [9.17, 15) is 4.79 Å². The molecular formula is C25H26N2O2S. The first kappa shape index (κ1) is 20.6. The highest BCUT2D eigenvalue weighted by atomic mass is 32.1. The van der Waals surface area contributed by atoms with Crippen molar-refractivity contribution in [3.63, 3.8) is 0 Å². The van der Waals surface area contributed by atoms with Crippen LogP contribution in [0, 0.1) is 17.2 Å². The van der Waals surface area contributed by atoms with Gasteiger partial charge in [-0.15, -0.1) is 11.3 Å². The number of pyridine rings is 1. The summed E-state index contributed by atoms with van der Waals surface area (Å²) in [7, 11) is 0. The molecule has 1 saturated carbocycles. The summed E-state index contributed by atoms with van der Waals surface area (Å²) in [5.74, 6) is 0.785. The molecule has 30 heavy (non-hydrogen) atoms. The largest absolute Gasteiger partial charge is 0.466 e. The number of esters is 1. The Morgan fingerprint density at radius 3 is 2.73 bits per heavy atom. The molecule has 1 aliphatic carbocycles. The minimum absolute atomic E-state index is 0.108. The Morgan fingerprint density at radius 1 is 1.27 bits per heavy atom. The first-order valence-electron chi connectivity index (χ1n) is 10.7. The zero-order chi connectivity index (χ0) is 20.9. The van der Waals surface area contributed by atoms with Crippen LogP contribution < -0.4 is 0 Å². The Balaban J connectivity index is 1.68. The van der Waals surface area contributed by atoms with Crippen molar-refractivity contribution in [3.8, 4) is 17.2 Å². The smallest absolute Gasteiger partial charge is 0.306 e. The lowest BCUT2D eigenvalue weighted by atomic mass is 9.89. The van der Waals surface area contributed by atoms with Crippen LogP contribution in [0.3, 0.4) is 0 Å². The number of nitriles is 1. The lowest BCUT2D eigenvalue weighted by molar-refractivity contribution is -0.143. The van der Waals surface area contributed by atoms with Crippen LogP contribution in [0.15, 0.2) is 42.7 Å². The second-order valence-corrected chi connectivity index (χ2v) is 9.12. The van der Waals surface area contributed by atoms with Crippen LogP contribution in [0.2, 0.25) is 0 Å². The fourth-order valence-electron chi connectivity index (χ4n) is 4.48. The van der Waals surface area contributed by atoms with Crippen molar-refractivity contribution in [2.24, 2.45) is 5.92 Å². The molecule has 3 aromatic rings. The maximum absolute atomic E-state index is 12.3. The molecule has 1 aliphatic rings. The van der Waals surface area contributed by atoms with Crippen molar-refractivity contribution in [2.75, 3.05) is 6.61 Å². The van der Waals surface area contributed by atoms with Gasteiger partial charge in [-0.25, -0.2) is 0 Å². The van der Waals surface area contributed by atoms with Gasteiger partial charge in [-0.05, 0) is 43.0 Å². The molecule has 2 aromatic heterocycles. The molecule has 0 N–H and O–H groups in total. The van der Waals surface area contributed by atoms with E-state index in [1.54, 1.807) is 11.3 Å². The Labute approximate surface area is 181 Å². The first-order valence-corrected chi connectivity index (χ1v) is 11.5. The van der Waals surface area contributed by atoms with Crippen LogP contribution in [-0.4, -0.2) is 17.6 Å². The number of hydrogen-bond acceptors (Lipinski definition) is 5. The van der Waals surface area contributed by atoms with Crippen LogP contribution in [0.1, 0.15) is 61.8 Å². The van der Waals surface area contributed by atoms with Gasteiger partial charge in [-0.1, -0.05) is 37.8 Å². The van der Waals surface area contributed by atoms with Gasteiger partial charge in [0, 0.05) is 38.8 Å². The molecular weight excluding hydrogens is 392 g/mol. The summed E-state index contributed by atoms with van der Waals surface area (Å²) in [5, 5.41) is 10.2. The molecule has 154 valence electrons. The molecule has 0 aliphatic heterocycles. The van der Waals surface area contributed by atoms with Gasteiger partial charge in [-0.3, -0.25) is 9.78 Å². The van der Waals surface area contributed by atoms with E-state index in [-0.39, 0.29) is 11.9 Å². The molecule has 0 amide bonds. The van der Waals surface area contributed by atoms with Gasteiger partial charge < -0.3 is 4.74 Å². The SMILES string of the molecule is CCOC(=O)C[C@H](CC1CCCC1)c1cc2cncc(-c3ccc(C#N)cc3)c2s1. The van der Waals surface area contributed by atoms with Crippen LogP contribution in [0.4, 0.5) is 0 Å². The van der Waals surface area contributed by atoms with Gasteiger partial charge in [0.05, 0.1) is 24.7 Å². The topological polar surface area (TPSA) is 63.0 Å². The second kappa shape index (κ2) is 9.40. The Hall–Kier alpha value is -2.71. The predicted octanol–water partition coefficient (Wildman–Crippen LogP) is 6.45. The highest BCUT2D eigenvalue weighted by molar-refractivity contribution is 7.19. The summed E-state index contributed by atoms with van der Waals surface area (Å²) in [4.78, 5) is 18.0. The van der Waals surface area contributed by atoms with Crippen molar-refractivity contribution in [3.05, 3.63) is 53.2 Å². The quantitative estimate of drug-likeness (QED) is 0.414. The highest BCUT2D eigenvalue weighted by Gasteiger charge is 2.26. The fraction of sp³-hybridized carbons (Fsp3) is 0.400. The number of carbonyl (C=O) groups excluding carboxylic acids is 1. The maximum Gasteiger partial charge on any atom is 0.306 e. The van der Waals surface area contributed by atoms with Crippen LogP contribution in [0.25, 0.3) is 21.2 Å². The minimum atomic E-state index is -0.108. The van der Waals surface area contributed by atoms with Crippen molar-refractivity contribution in [1.29, 1.82) is 5.26 Å². The average molecular weight is 419 g/mol. The first-order chi connectivity index (χ1) is 14.7. The zero-order valence-electron chi connectivity index (χ0n) is 17.3. The number of rotatable bonds is 7. The van der Waals surface area contributed by atoms with E-state index in [4.69, 9.17) is 10.00 Å². The molecule has 0 unspecified atom stereocenters. The Morgan fingerprint density at radius 2 is 2.03 bits per heavy atom. The van der Waals surface area contributed by atoms with Crippen LogP contribution in [0.5, 0.6) is 0 Å². The standard InChI is InChI=1S/C25H26N2O2S/c1-2-29-24(28)13-20(11-17-5-3-4-6-17)23-12-21-15-27-16-22(25(21)30-23)19-9-7-18(14-26)8-10-19/h7-10,12,15-17,20H,2-6,11,13H2,1H3/t20-/m0/s1. The van der Waals surface area contributed by atoms with E-state index in [1.807, 2.05) is 43.6 Å². The van der Waals surface area contributed by atoms with Gasteiger partial charge in [0.15, 0.2) is 0 Å². The van der Waals surface area contributed by atoms with E-state index < -0.39 is 0 Å². The maximum atomic E-state index is 12.3. The third-order valence-corrected chi connectivity index (χ3v) is 7.33. The highest BCUT2D eigenvalue weighted by Crippen LogP contribution is 2.42. The number of thiophene rings is 1. The summed E-state index contributed by atoms with van der Waals surface area (Å²) in [6.07, 6.45) is 10.4. The predicted molar refractivity (Wildman–Crippen MR) is 120 cm³/mol. The Bertz CT molecular complexity index is 1060. The van der Waals surface area contributed by atoms with Gasteiger partial charge in [0.25, 0.3) is 0 Å². The Kier molecular flexibility index (Phi) is 6.44. The molecule has 0 bridgehead atoms. The normalized spacial score (nSPS) is 15.2. The number of hydrogen-bond donors (Lipinski definition) is 0. The van der Waals surface area contributed by atoms with Crippen LogP contribution >= 0.6 is 11.3 Å². The fourth-order valence-corrected chi connectivity index (χ4v) is 5.76. The number of fused-ring (bicyclic) bond motifs is 1. The molecule has 0 spiro atoms. The number of carbonyl (C=O) groups is 1. The van der Waals surface area contributed by atoms with Gasteiger partial charge in [0.1, 0.15) is 0 Å². The van der Waals surface area contributed by atoms with E-state index >= 15 is 0 Å². The summed E-state index contributed by atoms with van der Waals surface area (Å²) >= 11 is 1.77. The van der Waals surface area contributed by atoms with Crippen molar-refractivity contribution in [2.45, 2.75) is 51.4 Å². The van der Waals surface area contributed by atoms with Crippen LogP contribution in [-0.2, 0) is 9.53 Å². The number of benzene rings is 1. The monoisotopic (exact) mass is 418 g/mol. The van der Waals surface area contributed by atoms with E-state index in [0.717, 1.165) is 22.9 Å². The molecule has 4 rings (SSSR count). The summed E-state index contributed by atoms with van der Waals surface area (Å²) < 4.78 is 6.46. The van der Waals surface area contributed by atoms with Crippen molar-refractivity contribution in [1.82, 2.24) is 4.98 Å². The number of aromatic nitrogens is 1. The molecule has 0 saturated heterocycles. The van der Waals surface area contributed by atoms with Crippen molar-refractivity contribution < 1.29 is 9.53 Å². The molecule has 5 heteroatoms. The van der Waals surface area contributed by atoms with Gasteiger partial charge in [-0.2, -0.15) is 5.26 Å². The molecule has 0 radical (unpaired) electrons. The van der Waals surface area contributed by atoms with Gasteiger partial charge in [0.2, 0.25) is 0 Å². The van der Waals surface area contributed by atoms with E-state index in [0.29, 0.717) is 24.5 Å². The average Bonchev–Trinajstić information content (AvgIpc) is 3.43. The lowest BCUT2D eigenvalue weighted by Gasteiger charge is -2.18. The summed E-state index contributed by atoms with van der Waals surface area (Å²) in [6, 6.07) is 12.0. The molecule has 1 fully saturated rings. The lowest BCUT2D eigenvalue weighted by Crippen LogP contribution is -2.12. The minimum Gasteiger partial charge on any atom is -0.466 e. The summed E-state index contributed by atoms with van der Waals surface area (Å²) in [6.45, 7) is 2.28. The van der Waals surface area contributed by atoms with E-state index in [1.165, 1.54) is 35.3 Å². The van der Waals surface area contributed by atoms with Crippen molar-refractivity contribution >= 4 is 27.4 Å². The zero-order valence-corrected chi connectivity index (χ0v) is 18.1. The molecule has 4 nitrogen and oxygen atoms in total. The molecule has 2 heterocycles. The third-order valence-electron chi connectivity index (χ3n) is 5.98. The number of nitrogens with zero attached hydrogens (tertiary/aromatic N) is 2. The van der Waals surface area contributed by atoms with E-state index in [2.05, 4.69) is 17.1 Å². The third kappa shape index (κ3) is 4.55. The second-order valence-electron chi connectivity index (χ2n) is 8.04. The summed E-state index contributed by atoms with van der Waals surface area (Å²) in [5.41, 5.74) is 2.78. The molecule has 1 atom stereocenters.